The summed E-state index contributed by atoms with van der Waals surface area (Å²) in [6.45, 7) is 1.62. The number of nitrogens with zero attached hydrogens (tertiary/aromatic N) is 1. The number of hydrogen-bond acceptors (Lipinski definition) is 7. The van der Waals surface area contributed by atoms with Gasteiger partial charge in [-0.25, -0.2) is 0 Å². The van der Waals surface area contributed by atoms with Gasteiger partial charge in [-0.3, -0.25) is 14.3 Å². The van der Waals surface area contributed by atoms with E-state index in [2.05, 4.69) is 6.07 Å². The van der Waals surface area contributed by atoms with Gasteiger partial charge in [-0.15, -0.1) is 0 Å². The van der Waals surface area contributed by atoms with E-state index >= 15 is 0 Å². The van der Waals surface area contributed by atoms with Gasteiger partial charge in [0.1, 0.15) is 19.3 Å². The predicted octanol–water partition coefficient (Wildman–Crippen LogP) is 2.25. The molecule has 25 heavy (non-hydrogen) atoms. The number of benzene rings is 2. The lowest BCUT2D eigenvalue weighted by Gasteiger charge is -2.25. The van der Waals surface area contributed by atoms with E-state index < -0.39 is 21.1 Å². The predicted molar refractivity (Wildman–Crippen MR) is 86.2 cm³/mol. The van der Waals surface area contributed by atoms with Crippen LogP contribution in [0, 0.1) is 23.1 Å². The van der Waals surface area contributed by atoms with E-state index in [1.54, 1.807) is 12.1 Å². The molecule has 0 saturated heterocycles. The molecule has 0 aliphatic carbocycles. The van der Waals surface area contributed by atoms with Gasteiger partial charge in [0.25, 0.3) is 15.8 Å². The summed E-state index contributed by atoms with van der Waals surface area (Å²) in [5, 5.41) is 10.8. The maximum atomic E-state index is 12.2. The molecule has 0 fully saturated rings. The molecule has 1 heterocycles. The minimum Gasteiger partial charge on any atom is -0.486 e. The number of rotatable bonds is 5. The molecule has 2 aromatic rings. The lowest BCUT2D eigenvalue weighted by atomic mass is 10.2. The summed E-state index contributed by atoms with van der Waals surface area (Å²) in [6, 6.07) is 11.4. The molecule has 0 spiro atoms. The molecule has 0 N–H and O–H groups in total. The van der Waals surface area contributed by atoms with Crippen molar-refractivity contribution >= 4 is 15.8 Å². The Balaban J connectivity index is 1.67. The van der Waals surface area contributed by atoms with Crippen molar-refractivity contribution in [3.8, 4) is 11.5 Å². The van der Waals surface area contributed by atoms with Crippen molar-refractivity contribution in [3.63, 3.8) is 0 Å². The van der Waals surface area contributed by atoms with Crippen LogP contribution < -0.4 is 9.47 Å². The molecular formula is C16H14NO7S. The van der Waals surface area contributed by atoms with E-state index in [9.17, 15) is 18.5 Å². The average Bonchev–Trinajstić information content (AvgIpc) is 2.59. The third-order valence-corrected chi connectivity index (χ3v) is 4.78. The fourth-order valence-corrected chi connectivity index (χ4v) is 3.10. The van der Waals surface area contributed by atoms with Crippen LogP contribution in [0.4, 0.5) is 5.69 Å². The number of ether oxygens (including phenoxy) is 2. The van der Waals surface area contributed by atoms with Crippen LogP contribution >= 0.6 is 0 Å². The number of hydrogen-bond donors (Lipinski definition) is 0. The van der Waals surface area contributed by atoms with E-state index in [1.807, 2.05) is 6.92 Å². The molecule has 131 valence electrons. The summed E-state index contributed by atoms with van der Waals surface area (Å²) < 4.78 is 40.2. The summed E-state index contributed by atoms with van der Waals surface area (Å²) in [4.78, 5) is 10.2. The highest BCUT2D eigenvalue weighted by Gasteiger charge is 2.26. The Kier molecular flexibility index (Phi) is 4.60. The molecule has 9 heteroatoms. The zero-order valence-electron chi connectivity index (χ0n) is 13.2. The lowest BCUT2D eigenvalue weighted by molar-refractivity contribution is -0.385. The van der Waals surface area contributed by atoms with E-state index in [-0.39, 0.29) is 29.5 Å². The summed E-state index contributed by atoms with van der Waals surface area (Å²) in [6.07, 6.45) is -0.731. The molecule has 1 unspecified atom stereocenters. The second-order valence-electron chi connectivity index (χ2n) is 5.40. The molecule has 8 nitrogen and oxygen atoms in total. The van der Waals surface area contributed by atoms with Crippen LogP contribution in [0.1, 0.15) is 5.56 Å². The molecule has 0 amide bonds. The Morgan fingerprint density at radius 1 is 1.28 bits per heavy atom. The zero-order valence-corrected chi connectivity index (χ0v) is 14.0. The van der Waals surface area contributed by atoms with Crippen molar-refractivity contribution in [1.82, 2.24) is 0 Å². The average molecular weight is 364 g/mol. The molecule has 3 rings (SSSR count). The van der Waals surface area contributed by atoms with Gasteiger partial charge >= 0.3 is 0 Å². The highest BCUT2D eigenvalue weighted by atomic mass is 32.2. The number of aryl methyl sites for hydroxylation is 1. The molecule has 1 aliphatic rings. The van der Waals surface area contributed by atoms with Crippen LogP contribution in [-0.4, -0.2) is 32.7 Å². The summed E-state index contributed by atoms with van der Waals surface area (Å²) in [7, 11) is -3.93. The van der Waals surface area contributed by atoms with Crippen LogP contribution in [0.2, 0.25) is 0 Å². The third kappa shape index (κ3) is 3.89. The monoisotopic (exact) mass is 364 g/mol. The van der Waals surface area contributed by atoms with Crippen LogP contribution in [0.25, 0.3) is 0 Å². The van der Waals surface area contributed by atoms with Crippen molar-refractivity contribution in [3.05, 3.63) is 58.1 Å². The van der Waals surface area contributed by atoms with Crippen LogP contribution in [0.15, 0.2) is 41.3 Å². The first kappa shape index (κ1) is 17.2. The van der Waals surface area contributed by atoms with Gasteiger partial charge < -0.3 is 9.47 Å². The van der Waals surface area contributed by atoms with Crippen molar-refractivity contribution in [2.45, 2.75) is 17.9 Å². The van der Waals surface area contributed by atoms with Crippen molar-refractivity contribution in [1.29, 1.82) is 0 Å². The topological polar surface area (TPSA) is 105 Å². The second kappa shape index (κ2) is 6.69. The van der Waals surface area contributed by atoms with Gasteiger partial charge in [0, 0.05) is 6.07 Å². The highest BCUT2D eigenvalue weighted by Crippen LogP contribution is 2.34. The SMILES string of the molecule is Cc1ccc(S(=O)(=O)OCC2COc3ccc([N+](=O)[O-])[c]c3O2)cc1. The molecule has 1 atom stereocenters. The van der Waals surface area contributed by atoms with Gasteiger partial charge in [0.15, 0.2) is 17.6 Å². The molecular weight excluding hydrogens is 350 g/mol. The molecule has 1 radical (unpaired) electrons. The smallest absolute Gasteiger partial charge is 0.297 e. The fraction of sp³-hybridized carbons (Fsp3) is 0.250. The quantitative estimate of drug-likeness (QED) is 0.455. The Hall–Kier alpha value is -2.65. The Labute approximate surface area is 144 Å². The first-order chi connectivity index (χ1) is 11.8. The summed E-state index contributed by atoms with van der Waals surface area (Å²) in [5.74, 6) is 0.366. The molecule has 1 aliphatic heterocycles. The van der Waals surface area contributed by atoms with Gasteiger partial charge in [-0.2, -0.15) is 8.42 Å². The highest BCUT2D eigenvalue weighted by molar-refractivity contribution is 7.86. The van der Waals surface area contributed by atoms with Gasteiger partial charge in [0.05, 0.1) is 9.82 Å². The van der Waals surface area contributed by atoms with E-state index in [0.29, 0.717) is 5.75 Å². The van der Waals surface area contributed by atoms with E-state index in [0.717, 1.165) is 5.56 Å². The zero-order chi connectivity index (χ0) is 18.0. The first-order valence-corrected chi connectivity index (χ1v) is 8.72. The normalized spacial score (nSPS) is 16.4. The van der Waals surface area contributed by atoms with Crippen LogP contribution in [0.5, 0.6) is 11.5 Å². The van der Waals surface area contributed by atoms with Gasteiger partial charge in [-0.05, 0) is 25.1 Å². The van der Waals surface area contributed by atoms with Gasteiger partial charge in [0.2, 0.25) is 0 Å². The number of fused-ring (bicyclic) bond motifs is 1. The molecule has 0 saturated carbocycles. The number of non-ortho nitro benzene ring substituents is 1. The largest absolute Gasteiger partial charge is 0.486 e. The summed E-state index contributed by atoms with van der Waals surface area (Å²) in [5.41, 5.74) is 0.660. The van der Waals surface area contributed by atoms with Crippen molar-refractivity contribution < 1.29 is 27.0 Å². The van der Waals surface area contributed by atoms with E-state index in [4.69, 9.17) is 13.7 Å². The Bertz CT molecular complexity index is 893. The number of nitro benzene ring substituents is 1. The molecule has 2 aromatic carbocycles. The molecule has 0 bridgehead atoms. The van der Waals surface area contributed by atoms with Crippen molar-refractivity contribution in [2.75, 3.05) is 13.2 Å². The Morgan fingerprint density at radius 3 is 2.68 bits per heavy atom. The first-order valence-electron chi connectivity index (χ1n) is 7.31. The summed E-state index contributed by atoms with van der Waals surface area (Å²) >= 11 is 0. The molecule has 0 aromatic heterocycles. The van der Waals surface area contributed by atoms with Crippen LogP contribution in [0.3, 0.4) is 0 Å². The standard InChI is InChI=1S/C16H14NO7S/c1-11-2-5-14(6-3-11)25(20,21)23-10-13-9-22-15-7-4-12(17(18)19)8-16(15)24-13/h2-7,13H,9-10H2,1H3. The minimum atomic E-state index is -3.93. The third-order valence-electron chi connectivity index (χ3n) is 3.48. The van der Waals surface area contributed by atoms with E-state index in [1.165, 1.54) is 24.3 Å². The minimum absolute atomic E-state index is 0.0393. The number of nitro groups is 1. The maximum Gasteiger partial charge on any atom is 0.297 e. The lowest BCUT2D eigenvalue weighted by Crippen LogP contribution is -2.34. The maximum absolute atomic E-state index is 12.2. The van der Waals surface area contributed by atoms with Crippen LogP contribution in [-0.2, 0) is 14.3 Å². The van der Waals surface area contributed by atoms with Crippen molar-refractivity contribution in [2.24, 2.45) is 0 Å². The second-order valence-corrected chi connectivity index (χ2v) is 7.01. The van der Waals surface area contributed by atoms with Gasteiger partial charge in [-0.1, -0.05) is 17.7 Å². The Morgan fingerprint density at radius 2 is 2.00 bits per heavy atom. The fourth-order valence-electron chi connectivity index (χ4n) is 2.16.